The largest absolute Gasteiger partial charge is 0.390 e. The van der Waals surface area contributed by atoms with Gasteiger partial charge in [0.15, 0.2) is 0 Å². The van der Waals surface area contributed by atoms with Gasteiger partial charge in [-0.15, -0.1) is 0 Å². The molecule has 0 saturated carbocycles. The molecule has 0 aromatic carbocycles. The fraction of sp³-hybridized carbons (Fsp3) is 0.733. The summed E-state index contributed by atoms with van der Waals surface area (Å²) in [5, 5.41) is 9.39. The number of aryl methyl sites for hydroxylation is 1. The Morgan fingerprint density at radius 3 is 2.33 bits per heavy atom. The molecule has 6 heteroatoms. The van der Waals surface area contributed by atoms with E-state index in [1.807, 2.05) is 11.5 Å². The summed E-state index contributed by atoms with van der Waals surface area (Å²) in [6.45, 7) is 3.85. The number of aromatic nitrogens is 1. The molecule has 1 aliphatic rings. The second-order valence-corrected chi connectivity index (χ2v) is 7.63. The average Bonchev–Trinajstić information content (AvgIpc) is 2.82. The summed E-state index contributed by atoms with van der Waals surface area (Å²) in [5.74, 6) is 0. The molecular weight excluding hydrogens is 288 g/mol. The number of rotatable bonds is 5. The van der Waals surface area contributed by atoms with Crippen LogP contribution in [0.5, 0.6) is 0 Å². The molecule has 0 spiro atoms. The number of aliphatic hydroxyl groups excluding tert-OH is 1. The molecule has 0 bridgehead atoms. The van der Waals surface area contributed by atoms with Crippen molar-refractivity contribution in [2.45, 2.75) is 63.5 Å². The number of sulfonamides is 1. The van der Waals surface area contributed by atoms with E-state index in [9.17, 15) is 13.5 Å². The lowest BCUT2D eigenvalue weighted by Crippen LogP contribution is -2.33. The normalized spacial score (nSPS) is 18.4. The van der Waals surface area contributed by atoms with Crippen LogP contribution in [0.25, 0.3) is 0 Å². The molecule has 120 valence electrons. The first-order valence-electron chi connectivity index (χ1n) is 7.89. The lowest BCUT2D eigenvalue weighted by Gasteiger charge is -2.23. The summed E-state index contributed by atoms with van der Waals surface area (Å²) in [6, 6.07) is 1.61. The molecule has 0 radical (unpaired) electrons. The van der Waals surface area contributed by atoms with Crippen LogP contribution in [0.1, 0.15) is 51.1 Å². The molecule has 2 heterocycles. The SMILES string of the molecule is CCCn1cc(S(=O)(=O)N2CCCCCCC2)cc1CO. The van der Waals surface area contributed by atoms with Crippen LogP contribution in [0.3, 0.4) is 0 Å². The molecule has 0 amide bonds. The van der Waals surface area contributed by atoms with Crippen molar-refractivity contribution in [2.24, 2.45) is 0 Å². The van der Waals surface area contributed by atoms with Gasteiger partial charge in [-0.3, -0.25) is 0 Å². The quantitative estimate of drug-likeness (QED) is 0.907. The molecular formula is C15H26N2O3S. The van der Waals surface area contributed by atoms with E-state index in [2.05, 4.69) is 0 Å². The van der Waals surface area contributed by atoms with Crippen molar-refractivity contribution in [3.63, 3.8) is 0 Å². The van der Waals surface area contributed by atoms with Crippen LogP contribution in [-0.4, -0.2) is 35.5 Å². The van der Waals surface area contributed by atoms with Crippen LogP contribution in [0.2, 0.25) is 0 Å². The third-order valence-corrected chi connectivity index (χ3v) is 5.90. The van der Waals surface area contributed by atoms with Gasteiger partial charge in [0.05, 0.1) is 6.61 Å². The van der Waals surface area contributed by atoms with Crippen LogP contribution in [0.15, 0.2) is 17.2 Å². The molecule has 1 saturated heterocycles. The highest BCUT2D eigenvalue weighted by atomic mass is 32.2. The average molecular weight is 314 g/mol. The maximum absolute atomic E-state index is 12.8. The van der Waals surface area contributed by atoms with Crippen molar-refractivity contribution in [3.8, 4) is 0 Å². The molecule has 1 N–H and O–H groups in total. The molecule has 0 aliphatic carbocycles. The first-order chi connectivity index (χ1) is 10.1. The summed E-state index contributed by atoms with van der Waals surface area (Å²) in [5.41, 5.74) is 0.669. The highest BCUT2D eigenvalue weighted by Gasteiger charge is 2.26. The van der Waals surface area contributed by atoms with Crippen molar-refractivity contribution >= 4 is 10.0 Å². The maximum Gasteiger partial charge on any atom is 0.244 e. The molecule has 5 nitrogen and oxygen atoms in total. The van der Waals surface area contributed by atoms with Crippen LogP contribution < -0.4 is 0 Å². The zero-order chi connectivity index (χ0) is 15.3. The predicted molar refractivity (Wildman–Crippen MR) is 82.5 cm³/mol. The van der Waals surface area contributed by atoms with Crippen LogP contribution in [-0.2, 0) is 23.2 Å². The number of hydrogen-bond donors (Lipinski definition) is 1. The van der Waals surface area contributed by atoms with Crippen molar-refractivity contribution in [3.05, 3.63) is 18.0 Å². The van der Waals surface area contributed by atoms with Gasteiger partial charge < -0.3 is 9.67 Å². The summed E-state index contributed by atoms with van der Waals surface area (Å²) < 4.78 is 29.0. The lowest BCUT2D eigenvalue weighted by atomic mass is 10.1. The van der Waals surface area contributed by atoms with Gasteiger partial charge in [-0.25, -0.2) is 8.42 Å². The van der Waals surface area contributed by atoms with Crippen molar-refractivity contribution in [1.82, 2.24) is 8.87 Å². The zero-order valence-corrected chi connectivity index (χ0v) is 13.6. The second kappa shape index (κ2) is 7.42. The van der Waals surface area contributed by atoms with Crippen LogP contribution >= 0.6 is 0 Å². The first-order valence-corrected chi connectivity index (χ1v) is 9.33. The van der Waals surface area contributed by atoms with E-state index in [4.69, 9.17) is 0 Å². The number of hydrogen-bond acceptors (Lipinski definition) is 3. The fourth-order valence-electron chi connectivity index (χ4n) is 2.86. The molecule has 1 aliphatic heterocycles. The Bertz CT molecular complexity index is 543. The topological polar surface area (TPSA) is 62.5 Å². The van der Waals surface area contributed by atoms with E-state index in [0.29, 0.717) is 23.7 Å². The number of aliphatic hydroxyl groups is 1. The minimum atomic E-state index is -3.43. The molecule has 0 atom stereocenters. The summed E-state index contributed by atoms with van der Waals surface area (Å²) in [4.78, 5) is 0.320. The Morgan fingerprint density at radius 2 is 1.76 bits per heavy atom. The van der Waals surface area contributed by atoms with E-state index in [1.54, 1.807) is 16.6 Å². The lowest BCUT2D eigenvalue weighted by molar-refractivity contribution is 0.270. The Hall–Kier alpha value is -0.850. The van der Waals surface area contributed by atoms with Gasteiger partial charge in [-0.05, 0) is 25.3 Å². The van der Waals surface area contributed by atoms with Gasteiger partial charge >= 0.3 is 0 Å². The smallest absolute Gasteiger partial charge is 0.244 e. The third kappa shape index (κ3) is 3.87. The zero-order valence-electron chi connectivity index (χ0n) is 12.8. The molecule has 1 aromatic rings. The van der Waals surface area contributed by atoms with Crippen molar-refractivity contribution < 1.29 is 13.5 Å². The third-order valence-electron chi connectivity index (χ3n) is 4.04. The van der Waals surface area contributed by atoms with Gasteiger partial charge in [0.1, 0.15) is 4.90 Å². The van der Waals surface area contributed by atoms with E-state index in [1.165, 1.54) is 6.42 Å². The summed E-state index contributed by atoms with van der Waals surface area (Å²) in [7, 11) is -3.43. The molecule has 0 unspecified atom stereocenters. The molecule has 1 aromatic heterocycles. The predicted octanol–water partition coefficient (Wildman–Crippen LogP) is 2.35. The Balaban J connectivity index is 2.25. The first kappa shape index (κ1) is 16.5. The van der Waals surface area contributed by atoms with Crippen molar-refractivity contribution in [1.29, 1.82) is 0 Å². The highest BCUT2D eigenvalue weighted by molar-refractivity contribution is 7.89. The molecule has 1 fully saturated rings. The van der Waals surface area contributed by atoms with Crippen molar-refractivity contribution in [2.75, 3.05) is 13.1 Å². The molecule has 21 heavy (non-hydrogen) atoms. The highest BCUT2D eigenvalue weighted by Crippen LogP contribution is 2.22. The van der Waals surface area contributed by atoms with E-state index >= 15 is 0 Å². The van der Waals surface area contributed by atoms with Gasteiger partial charge in [-0.1, -0.05) is 26.2 Å². The molecule has 2 rings (SSSR count). The summed E-state index contributed by atoms with van der Waals surface area (Å²) in [6.07, 6.45) is 7.85. The maximum atomic E-state index is 12.8. The number of nitrogens with zero attached hydrogens (tertiary/aromatic N) is 2. The van der Waals surface area contributed by atoms with Gasteiger partial charge in [0.25, 0.3) is 0 Å². The minimum absolute atomic E-state index is 0.129. The second-order valence-electron chi connectivity index (χ2n) is 5.69. The van der Waals surface area contributed by atoms with Gasteiger partial charge in [0, 0.05) is 31.5 Å². The standard InChI is InChI=1S/C15H26N2O3S/c1-2-8-16-12-15(11-14(16)13-18)21(19,20)17-9-6-4-3-5-7-10-17/h11-12,18H,2-10,13H2,1H3. The van der Waals surface area contributed by atoms with E-state index in [-0.39, 0.29) is 6.61 Å². The fourth-order valence-corrected chi connectivity index (χ4v) is 4.44. The summed E-state index contributed by atoms with van der Waals surface area (Å²) >= 11 is 0. The van der Waals surface area contributed by atoms with Crippen LogP contribution in [0.4, 0.5) is 0 Å². The monoisotopic (exact) mass is 314 g/mol. The van der Waals surface area contributed by atoms with E-state index < -0.39 is 10.0 Å². The van der Waals surface area contributed by atoms with E-state index in [0.717, 1.165) is 38.6 Å². The Kier molecular flexibility index (Phi) is 5.84. The van der Waals surface area contributed by atoms with Gasteiger partial charge in [-0.2, -0.15) is 4.31 Å². The minimum Gasteiger partial charge on any atom is -0.390 e. The van der Waals surface area contributed by atoms with Gasteiger partial charge in [0.2, 0.25) is 10.0 Å². The Morgan fingerprint density at radius 1 is 1.14 bits per heavy atom. The Labute approximate surface area is 127 Å². The van der Waals surface area contributed by atoms with Crippen LogP contribution in [0, 0.1) is 0 Å².